The van der Waals surface area contributed by atoms with Crippen LogP contribution in [0.5, 0.6) is 0 Å². The van der Waals surface area contributed by atoms with Gasteiger partial charge in [-0.05, 0) is 36.2 Å². The Morgan fingerprint density at radius 2 is 2.00 bits per heavy atom. The highest BCUT2D eigenvalue weighted by Gasteiger charge is 2.20. The average molecular weight is 333 g/mol. The second kappa shape index (κ2) is 6.89. The van der Waals surface area contributed by atoms with Crippen molar-refractivity contribution in [3.05, 3.63) is 59.4 Å². The molecule has 6 nitrogen and oxygen atoms in total. The van der Waals surface area contributed by atoms with Crippen LogP contribution in [0, 0.1) is 6.92 Å². The zero-order valence-electron chi connectivity index (χ0n) is 13.3. The monoisotopic (exact) mass is 333 g/mol. The third-order valence-corrected chi connectivity index (χ3v) is 5.22. The SMILES string of the molecule is Cc1ccc(S(=O)(=O)N(C)C)cc1C(=O)NCc1cccnc1. The highest BCUT2D eigenvalue weighted by atomic mass is 32.2. The van der Waals surface area contributed by atoms with Gasteiger partial charge < -0.3 is 5.32 Å². The Hall–Kier alpha value is -2.25. The molecular weight excluding hydrogens is 314 g/mol. The maximum absolute atomic E-state index is 12.3. The van der Waals surface area contributed by atoms with Crippen LogP contribution in [-0.4, -0.2) is 37.7 Å². The van der Waals surface area contributed by atoms with E-state index in [0.29, 0.717) is 17.7 Å². The van der Waals surface area contributed by atoms with Gasteiger partial charge in [0.1, 0.15) is 0 Å². The van der Waals surface area contributed by atoms with Gasteiger partial charge in [0.25, 0.3) is 5.91 Å². The third-order valence-electron chi connectivity index (χ3n) is 3.41. The summed E-state index contributed by atoms with van der Waals surface area (Å²) in [6.07, 6.45) is 3.32. The summed E-state index contributed by atoms with van der Waals surface area (Å²) in [4.78, 5) is 16.4. The van der Waals surface area contributed by atoms with E-state index in [4.69, 9.17) is 0 Å². The van der Waals surface area contributed by atoms with Crippen molar-refractivity contribution in [1.82, 2.24) is 14.6 Å². The Morgan fingerprint density at radius 3 is 2.61 bits per heavy atom. The van der Waals surface area contributed by atoms with Crippen LogP contribution in [0.2, 0.25) is 0 Å². The molecule has 0 bridgehead atoms. The summed E-state index contributed by atoms with van der Waals surface area (Å²) in [5, 5.41) is 2.78. The number of rotatable bonds is 5. The Labute approximate surface area is 136 Å². The predicted molar refractivity (Wildman–Crippen MR) is 87.5 cm³/mol. The molecule has 7 heteroatoms. The topological polar surface area (TPSA) is 79.4 Å². The van der Waals surface area contributed by atoms with Crippen LogP contribution in [0.4, 0.5) is 0 Å². The number of nitrogens with one attached hydrogen (secondary N) is 1. The van der Waals surface area contributed by atoms with Gasteiger partial charge in [-0.2, -0.15) is 0 Å². The number of pyridine rings is 1. The summed E-state index contributed by atoms with van der Waals surface area (Å²) < 4.78 is 25.5. The number of sulfonamides is 1. The van der Waals surface area contributed by atoms with Crippen molar-refractivity contribution >= 4 is 15.9 Å². The minimum Gasteiger partial charge on any atom is -0.348 e. The molecule has 0 fully saturated rings. The largest absolute Gasteiger partial charge is 0.348 e. The first-order valence-corrected chi connectivity index (χ1v) is 8.46. The predicted octanol–water partition coefficient (Wildman–Crippen LogP) is 1.57. The van der Waals surface area contributed by atoms with Gasteiger partial charge >= 0.3 is 0 Å². The van der Waals surface area contributed by atoms with E-state index >= 15 is 0 Å². The summed E-state index contributed by atoms with van der Waals surface area (Å²) in [5.74, 6) is -0.317. The molecule has 2 aromatic rings. The van der Waals surface area contributed by atoms with Crippen molar-refractivity contribution in [1.29, 1.82) is 0 Å². The van der Waals surface area contributed by atoms with E-state index in [1.165, 1.54) is 26.2 Å². The summed E-state index contributed by atoms with van der Waals surface area (Å²) in [5.41, 5.74) is 1.93. The van der Waals surface area contributed by atoms with E-state index in [1.54, 1.807) is 31.5 Å². The van der Waals surface area contributed by atoms with Gasteiger partial charge in [-0.25, -0.2) is 12.7 Å². The highest BCUT2D eigenvalue weighted by Crippen LogP contribution is 2.18. The first kappa shape index (κ1) is 17.1. The Morgan fingerprint density at radius 1 is 1.26 bits per heavy atom. The maximum Gasteiger partial charge on any atom is 0.251 e. The number of aryl methyl sites for hydroxylation is 1. The van der Waals surface area contributed by atoms with Crippen molar-refractivity contribution < 1.29 is 13.2 Å². The molecule has 23 heavy (non-hydrogen) atoms. The Kier molecular flexibility index (Phi) is 5.12. The molecule has 1 N–H and O–H groups in total. The smallest absolute Gasteiger partial charge is 0.251 e. The van der Waals surface area contributed by atoms with E-state index in [1.807, 2.05) is 6.07 Å². The molecule has 1 amide bonds. The van der Waals surface area contributed by atoms with Crippen LogP contribution < -0.4 is 5.32 Å². The van der Waals surface area contributed by atoms with Gasteiger partial charge in [0.05, 0.1) is 4.90 Å². The summed E-state index contributed by atoms with van der Waals surface area (Å²) in [6.45, 7) is 2.10. The molecule has 0 saturated heterocycles. The van der Waals surface area contributed by atoms with Crippen LogP contribution in [0.25, 0.3) is 0 Å². The number of aromatic nitrogens is 1. The van der Waals surface area contributed by atoms with Gasteiger partial charge in [-0.1, -0.05) is 12.1 Å². The van der Waals surface area contributed by atoms with Crippen molar-refractivity contribution in [2.75, 3.05) is 14.1 Å². The molecule has 1 heterocycles. The van der Waals surface area contributed by atoms with E-state index < -0.39 is 10.0 Å². The third kappa shape index (κ3) is 3.94. The van der Waals surface area contributed by atoms with Gasteiger partial charge in [0, 0.05) is 38.6 Å². The Bertz CT molecular complexity index is 803. The molecule has 0 radical (unpaired) electrons. The molecule has 1 aromatic heterocycles. The number of benzene rings is 1. The zero-order chi connectivity index (χ0) is 17.0. The lowest BCUT2D eigenvalue weighted by molar-refractivity contribution is 0.0950. The fraction of sp³-hybridized carbons (Fsp3) is 0.250. The minimum atomic E-state index is -3.57. The van der Waals surface area contributed by atoms with Crippen molar-refractivity contribution in [2.45, 2.75) is 18.4 Å². The molecule has 1 aromatic carbocycles. The number of nitrogens with zero attached hydrogens (tertiary/aromatic N) is 2. The first-order chi connectivity index (χ1) is 10.8. The second-order valence-corrected chi connectivity index (χ2v) is 7.46. The molecule has 0 atom stereocenters. The molecule has 0 unspecified atom stereocenters. The fourth-order valence-electron chi connectivity index (χ4n) is 2.00. The van der Waals surface area contributed by atoms with Crippen LogP contribution in [0.1, 0.15) is 21.5 Å². The van der Waals surface area contributed by atoms with E-state index in [-0.39, 0.29) is 10.8 Å². The molecule has 0 aliphatic heterocycles. The van der Waals surface area contributed by atoms with Gasteiger partial charge in [0.15, 0.2) is 0 Å². The zero-order valence-corrected chi connectivity index (χ0v) is 14.1. The molecule has 0 saturated carbocycles. The number of amides is 1. The quantitative estimate of drug-likeness (QED) is 0.901. The molecule has 2 rings (SSSR count). The van der Waals surface area contributed by atoms with Crippen molar-refractivity contribution in [3.8, 4) is 0 Å². The molecular formula is C16H19N3O3S. The van der Waals surface area contributed by atoms with Crippen LogP contribution in [0.15, 0.2) is 47.6 Å². The lowest BCUT2D eigenvalue weighted by Gasteiger charge is -2.14. The van der Waals surface area contributed by atoms with Crippen LogP contribution >= 0.6 is 0 Å². The maximum atomic E-state index is 12.3. The molecule has 0 aliphatic rings. The lowest BCUT2D eigenvalue weighted by atomic mass is 10.1. The van der Waals surface area contributed by atoms with E-state index in [9.17, 15) is 13.2 Å². The molecule has 0 aliphatic carbocycles. The minimum absolute atomic E-state index is 0.0969. The summed E-state index contributed by atoms with van der Waals surface area (Å²) in [7, 11) is -0.662. The van der Waals surface area contributed by atoms with Crippen LogP contribution in [-0.2, 0) is 16.6 Å². The molecule has 0 spiro atoms. The highest BCUT2D eigenvalue weighted by molar-refractivity contribution is 7.89. The van der Waals surface area contributed by atoms with Crippen molar-refractivity contribution in [3.63, 3.8) is 0 Å². The fourth-order valence-corrected chi connectivity index (χ4v) is 2.93. The average Bonchev–Trinajstić information content (AvgIpc) is 2.53. The number of carbonyl (C=O) groups is 1. The standard InChI is InChI=1S/C16H19N3O3S/c1-12-6-7-14(23(21,22)19(2)3)9-15(12)16(20)18-11-13-5-4-8-17-10-13/h4-10H,11H2,1-3H3,(H,18,20). The number of carbonyl (C=O) groups excluding carboxylic acids is 1. The summed E-state index contributed by atoms with van der Waals surface area (Å²) in [6, 6.07) is 8.19. The van der Waals surface area contributed by atoms with Crippen molar-refractivity contribution in [2.24, 2.45) is 0 Å². The van der Waals surface area contributed by atoms with Gasteiger partial charge in [-0.15, -0.1) is 0 Å². The summed E-state index contributed by atoms with van der Waals surface area (Å²) >= 11 is 0. The number of hydrogen-bond donors (Lipinski definition) is 1. The van der Waals surface area contributed by atoms with Gasteiger partial charge in [-0.3, -0.25) is 9.78 Å². The second-order valence-electron chi connectivity index (χ2n) is 5.31. The van der Waals surface area contributed by atoms with E-state index in [0.717, 1.165) is 9.87 Å². The molecule has 122 valence electrons. The normalized spacial score (nSPS) is 11.5. The number of hydrogen-bond acceptors (Lipinski definition) is 4. The van der Waals surface area contributed by atoms with Crippen LogP contribution in [0.3, 0.4) is 0 Å². The first-order valence-electron chi connectivity index (χ1n) is 7.02. The lowest BCUT2D eigenvalue weighted by Crippen LogP contribution is -2.25. The van der Waals surface area contributed by atoms with E-state index in [2.05, 4.69) is 10.3 Å². The Balaban J connectivity index is 2.23. The van der Waals surface area contributed by atoms with Gasteiger partial charge in [0.2, 0.25) is 10.0 Å².